The highest BCUT2D eigenvalue weighted by atomic mass is 16.6. The van der Waals surface area contributed by atoms with Gasteiger partial charge in [-0.1, -0.05) is 6.07 Å². The van der Waals surface area contributed by atoms with E-state index in [0.717, 1.165) is 0 Å². The molecule has 2 N–H and O–H groups in total. The van der Waals surface area contributed by atoms with Crippen molar-refractivity contribution in [1.29, 1.82) is 0 Å². The maximum absolute atomic E-state index is 11.5. The van der Waals surface area contributed by atoms with Gasteiger partial charge in [0.1, 0.15) is 11.3 Å². The van der Waals surface area contributed by atoms with E-state index >= 15 is 0 Å². The predicted molar refractivity (Wildman–Crippen MR) is 82.4 cm³/mol. The number of hydrogen-bond acceptors (Lipinski definition) is 6. The van der Waals surface area contributed by atoms with Crippen LogP contribution in [0.5, 0.6) is 5.75 Å². The first kappa shape index (κ1) is 17.5. The first-order chi connectivity index (χ1) is 10.2. The molecule has 1 rings (SSSR count). The Bertz CT molecular complexity index is 540. The Hall–Kier alpha value is -2.51. The van der Waals surface area contributed by atoms with Crippen LogP contribution in [0.4, 0.5) is 16.2 Å². The Kier molecular flexibility index (Phi) is 5.97. The zero-order valence-corrected chi connectivity index (χ0v) is 13.1. The topological polar surface area (TPSA) is 103 Å². The molecule has 0 atom stereocenters. The van der Waals surface area contributed by atoms with Gasteiger partial charge in [-0.3, -0.25) is 10.1 Å². The fourth-order valence-corrected chi connectivity index (χ4v) is 1.69. The molecule has 0 unspecified atom stereocenters. The van der Waals surface area contributed by atoms with Crippen LogP contribution in [0.2, 0.25) is 0 Å². The summed E-state index contributed by atoms with van der Waals surface area (Å²) in [6.45, 7) is 5.88. The van der Waals surface area contributed by atoms with Crippen LogP contribution in [0.3, 0.4) is 0 Å². The fraction of sp³-hybridized carbons (Fsp3) is 0.500. The number of nitro benzene ring substituents is 1. The summed E-state index contributed by atoms with van der Waals surface area (Å²) in [5.41, 5.74) is -0.374. The highest BCUT2D eigenvalue weighted by Crippen LogP contribution is 2.34. The van der Waals surface area contributed by atoms with Crippen LogP contribution >= 0.6 is 0 Å². The molecule has 0 aromatic heterocycles. The third-order valence-electron chi connectivity index (χ3n) is 2.51. The maximum atomic E-state index is 11.5. The molecule has 1 aromatic rings. The number of carbonyl (C=O) groups is 1. The van der Waals surface area contributed by atoms with Crippen molar-refractivity contribution in [3.05, 3.63) is 28.3 Å². The molecule has 0 fully saturated rings. The number of para-hydroxylation sites is 1. The zero-order chi connectivity index (χ0) is 16.8. The summed E-state index contributed by atoms with van der Waals surface area (Å²) in [5.74, 6) is 0.176. The summed E-state index contributed by atoms with van der Waals surface area (Å²) >= 11 is 0. The standard InChI is InChI=1S/C14H21N3O5/c1-14(2,3)22-13(18)16-9-8-15-10-6-5-7-11(21-4)12(10)17(19)20/h5-7,15H,8-9H2,1-4H3,(H,16,18). The lowest BCUT2D eigenvalue weighted by Crippen LogP contribution is -2.35. The van der Waals surface area contributed by atoms with E-state index < -0.39 is 16.6 Å². The SMILES string of the molecule is COc1cccc(NCCNC(=O)OC(C)(C)C)c1[N+](=O)[O-]. The third-order valence-corrected chi connectivity index (χ3v) is 2.51. The van der Waals surface area contributed by atoms with Gasteiger partial charge in [0, 0.05) is 13.1 Å². The Morgan fingerprint density at radius 1 is 1.32 bits per heavy atom. The quantitative estimate of drug-likeness (QED) is 0.475. The Morgan fingerprint density at radius 2 is 2.00 bits per heavy atom. The van der Waals surface area contributed by atoms with Crippen molar-refractivity contribution in [3.8, 4) is 5.75 Å². The number of amides is 1. The minimum absolute atomic E-state index is 0.137. The molecule has 8 nitrogen and oxygen atoms in total. The van der Waals surface area contributed by atoms with E-state index in [0.29, 0.717) is 12.2 Å². The monoisotopic (exact) mass is 311 g/mol. The van der Waals surface area contributed by atoms with E-state index in [-0.39, 0.29) is 18.0 Å². The highest BCUT2D eigenvalue weighted by Gasteiger charge is 2.20. The van der Waals surface area contributed by atoms with Crippen molar-refractivity contribution in [2.75, 3.05) is 25.5 Å². The number of alkyl carbamates (subject to hydrolysis) is 1. The van der Waals surface area contributed by atoms with Gasteiger partial charge in [-0.05, 0) is 32.9 Å². The average molecular weight is 311 g/mol. The number of benzene rings is 1. The van der Waals surface area contributed by atoms with Crippen molar-refractivity contribution >= 4 is 17.5 Å². The van der Waals surface area contributed by atoms with Gasteiger partial charge in [0.15, 0.2) is 5.75 Å². The molecule has 0 saturated carbocycles. The Morgan fingerprint density at radius 3 is 2.55 bits per heavy atom. The normalized spacial score (nSPS) is 10.7. The Labute approximate surface area is 128 Å². The lowest BCUT2D eigenvalue weighted by molar-refractivity contribution is -0.384. The molecule has 0 spiro atoms. The van der Waals surface area contributed by atoms with Crippen LogP contribution in [0, 0.1) is 10.1 Å². The lowest BCUT2D eigenvalue weighted by Gasteiger charge is -2.19. The fourth-order valence-electron chi connectivity index (χ4n) is 1.69. The molecular formula is C14H21N3O5. The molecule has 122 valence electrons. The van der Waals surface area contributed by atoms with Gasteiger partial charge < -0.3 is 20.1 Å². The van der Waals surface area contributed by atoms with Gasteiger partial charge in [-0.25, -0.2) is 4.79 Å². The van der Waals surface area contributed by atoms with Crippen molar-refractivity contribution in [3.63, 3.8) is 0 Å². The van der Waals surface area contributed by atoms with Gasteiger partial charge in [-0.2, -0.15) is 0 Å². The molecule has 0 heterocycles. The minimum Gasteiger partial charge on any atom is -0.490 e. The number of nitro groups is 1. The van der Waals surface area contributed by atoms with E-state index in [2.05, 4.69) is 10.6 Å². The van der Waals surface area contributed by atoms with Crippen molar-refractivity contribution in [2.45, 2.75) is 26.4 Å². The van der Waals surface area contributed by atoms with Crippen molar-refractivity contribution in [1.82, 2.24) is 5.32 Å². The molecule has 0 saturated heterocycles. The van der Waals surface area contributed by atoms with Gasteiger partial charge in [0.05, 0.1) is 12.0 Å². The van der Waals surface area contributed by atoms with Crippen LogP contribution < -0.4 is 15.4 Å². The number of carbonyl (C=O) groups excluding carboxylic acids is 1. The zero-order valence-electron chi connectivity index (χ0n) is 13.1. The van der Waals surface area contributed by atoms with E-state index in [1.807, 2.05) is 0 Å². The molecule has 1 amide bonds. The van der Waals surface area contributed by atoms with Crippen LogP contribution in [0.15, 0.2) is 18.2 Å². The predicted octanol–water partition coefficient (Wildman–Crippen LogP) is 2.54. The molecule has 0 radical (unpaired) electrons. The largest absolute Gasteiger partial charge is 0.490 e. The summed E-state index contributed by atoms with van der Waals surface area (Å²) in [6, 6.07) is 4.74. The second kappa shape index (κ2) is 7.48. The molecule has 0 aliphatic carbocycles. The van der Waals surface area contributed by atoms with Crippen LogP contribution in [-0.2, 0) is 4.74 Å². The smallest absolute Gasteiger partial charge is 0.407 e. The molecule has 0 aliphatic heterocycles. The first-order valence-electron chi connectivity index (χ1n) is 6.76. The molecular weight excluding hydrogens is 290 g/mol. The highest BCUT2D eigenvalue weighted by molar-refractivity contribution is 5.69. The summed E-state index contributed by atoms with van der Waals surface area (Å²) in [5, 5.41) is 16.6. The number of ether oxygens (including phenoxy) is 2. The molecule has 8 heteroatoms. The van der Waals surface area contributed by atoms with Crippen molar-refractivity contribution in [2.24, 2.45) is 0 Å². The first-order valence-corrected chi connectivity index (χ1v) is 6.76. The second-order valence-corrected chi connectivity index (χ2v) is 5.47. The van der Waals surface area contributed by atoms with Crippen LogP contribution in [0.1, 0.15) is 20.8 Å². The maximum Gasteiger partial charge on any atom is 0.407 e. The minimum atomic E-state index is -0.566. The summed E-state index contributed by atoms with van der Waals surface area (Å²) in [6.07, 6.45) is -0.533. The van der Waals surface area contributed by atoms with Crippen LogP contribution in [0.25, 0.3) is 0 Å². The third kappa shape index (κ3) is 5.47. The second-order valence-electron chi connectivity index (χ2n) is 5.47. The van der Waals surface area contributed by atoms with Crippen molar-refractivity contribution < 1.29 is 19.2 Å². The van der Waals surface area contributed by atoms with E-state index in [9.17, 15) is 14.9 Å². The molecule has 0 aliphatic rings. The summed E-state index contributed by atoms with van der Waals surface area (Å²) < 4.78 is 10.1. The number of hydrogen-bond donors (Lipinski definition) is 2. The van der Waals surface area contributed by atoms with E-state index in [4.69, 9.17) is 9.47 Å². The van der Waals surface area contributed by atoms with E-state index in [1.165, 1.54) is 13.2 Å². The van der Waals surface area contributed by atoms with Gasteiger partial charge in [-0.15, -0.1) is 0 Å². The molecule has 22 heavy (non-hydrogen) atoms. The number of anilines is 1. The Balaban J connectivity index is 2.56. The summed E-state index contributed by atoms with van der Waals surface area (Å²) in [7, 11) is 1.37. The summed E-state index contributed by atoms with van der Waals surface area (Å²) in [4.78, 5) is 22.0. The van der Waals surface area contributed by atoms with Gasteiger partial charge >= 0.3 is 11.8 Å². The molecule has 0 bridgehead atoms. The number of rotatable bonds is 6. The van der Waals surface area contributed by atoms with E-state index in [1.54, 1.807) is 32.9 Å². The van der Waals surface area contributed by atoms with Crippen LogP contribution in [-0.4, -0.2) is 36.8 Å². The number of methoxy groups -OCH3 is 1. The average Bonchev–Trinajstić information content (AvgIpc) is 2.41. The lowest BCUT2D eigenvalue weighted by atomic mass is 10.2. The van der Waals surface area contributed by atoms with Gasteiger partial charge in [0.25, 0.3) is 0 Å². The van der Waals surface area contributed by atoms with Gasteiger partial charge in [0.2, 0.25) is 0 Å². The molecule has 1 aromatic carbocycles. The number of nitrogens with one attached hydrogen (secondary N) is 2. The number of nitrogens with zero attached hydrogens (tertiary/aromatic N) is 1.